The van der Waals surface area contributed by atoms with Crippen molar-refractivity contribution in [3.63, 3.8) is 0 Å². The van der Waals surface area contributed by atoms with Gasteiger partial charge in [0.05, 0.1) is 11.4 Å². The highest BCUT2D eigenvalue weighted by Gasteiger charge is 2.58. The predicted molar refractivity (Wildman–Crippen MR) is 39.7 cm³/mol. The molecule has 0 saturated heterocycles. The minimum atomic E-state index is -5.55. The first-order valence-corrected chi connectivity index (χ1v) is 3.68. The third-order valence-corrected chi connectivity index (χ3v) is 1.94. The van der Waals surface area contributed by atoms with Crippen LogP contribution in [0.3, 0.4) is 0 Å². The van der Waals surface area contributed by atoms with Crippen LogP contribution in [0.15, 0.2) is 18.2 Å². The Bertz CT molecular complexity index is 382. The molecule has 0 saturated carbocycles. The molecule has 1 aliphatic rings. The van der Waals surface area contributed by atoms with E-state index in [1.54, 1.807) is 0 Å². The summed E-state index contributed by atoms with van der Waals surface area (Å²) in [4.78, 5) is 0. The SMILES string of the molecule is FC(F)(F)C(F)(F)c1ccc2c(c1)N2. The van der Waals surface area contributed by atoms with Crippen LogP contribution in [0, 0.1) is 0 Å². The monoisotopic (exact) mass is 209 g/mol. The number of fused-ring (bicyclic) bond motifs is 1. The normalized spacial score (nSPS) is 14.6. The van der Waals surface area contributed by atoms with Gasteiger partial charge in [-0.15, -0.1) is 0 Å². The second-order valence-corrected chi connectivity index (χ2v) is 2.96. The Balaban J connectivity index is 2.40. The first-order valence-electron chi connectivity index (χ1n) is 3.68. The Labute approximate surface area is 75.5 Å². The Kier molecular flexibility index (Phi) is 1.56. The number of alkyl halides is 5. The molecule has 14 heavy (non-hydrogen) atoms. The summed E-state index contributed by atoms with van der Waals surface area (Å²) < 4.78 is 61.1. The fraction of sp³-hybridized carbons (Fsp3) is 0.250. The lowest BCUT2D eigenvalue weighted by Gasteiger charge is -2.19. The van der Waals surface area contributed by atoms with Crippen LogP contribution in [-0.4, -0.2) is 6.18 Å². The molecule has 2 rings (SSSR count). The molecular weight excluding hydrogens is 205 g/mol. The molecule has 0 amide bonds. The van der Waals surface area contributed by atoms with Crippen molar-refractivity contribution < 1.29 is 22.0 Å². The summed E-state index contributed by atoms with van der Waals surface area (Å²) >= 11 is 0. The van der Waals surface area contributed by atoms with Crippen molar-refractivity contribution in [2.75, 3.05) is 5.32 Å². The topological polar surface area (TPSA) is 21.9 Å². The van der Waals surface area contributed by atoms with E-state index >= 15 is 0 Å². The molecule has 1 heterocycles. The quantitative estimate of drug-likeness (QED) is 0.564. The molecule has 0 bridgehead atoms. The van der Waals surface area contributed by atoms with E-state index in [0.29, 0.717) is 11.4 Å². The van der Waals surface area contributed by atoms with Gasteiger partial charge in [-0.1, -0.05) is 6.07 Å². The molecule has 0 aliphatic carbocycles. The van der Waals surface area contributed by atoms with E-state index in [9.17, 15) is 22.0 Å². The van der Waals surface area contributed by atoms with Crippen LogP contribution in [0.2, 0.25) is 0 Å². The third kappa shape index (κ3) is 1.21. The highest BCUT2D eigenvalue weighted by atomic mass is 19.4. The molecule has 6 heteroatoms. The van der Waals surface area contributed by atoms with Crippen molar-refractivity contribution in [1.82, 2.24) is 0 Å². The molecule has 1 N–H and O–H groups in total. The van der Waals surface area contributed by atoms with Crippen LogP contribution in [-0.2, 0) is 5.92 Å². The third-order valence-electron chi connectivity index (χ3n) is 1.94. The number of benzene rings is 1. The smallest absolute Gasteiger partial charge is 0.352 e. The molecule has 0 fully saturated rings. The molecule has 76 valence electrons. The van der Waals surface area contributed by atoms with Crippen LogP contribution in [0.1, 0.15) is 5.56 Å². The zero-order valence-corrected chi connectivity index (χ0v) is 6.62. The van der Waals surface area contributed by atoms with E-state index in [1.807, 2.05) is 0 Å². The number of nitrogens with one attached hydrogen (secondary N) is 1. The molecule has 0 unspecified atom stereocenters. The highest BCUT2D eigenvalue weighted by Crippen LogP contribution is 2.48. The molecule has 0 radical (unpaired) electrons. The summed E-state index contributed by atoms with van der Waals surface area (Å²) in [6.07, 6.45) is -5.55. The van der Waals surface area contributed by atoms with Gasteiger partial charge < -0.3 is 5.32 Å². The molecular formula is C8H4F5N. The van der Waals surface area contributed by atoms with Crippen molar-refractivity contribution in [2.45, 2.75) is 12.1 Å². The standard InChI is InChI=1S/C8H4F5N/c9-7(10,8(11,12)13)4-1-2-5-6(3-4)14-5/h1-3,14H. The minimum Gasteiger partial charge on any atom is -0.352 e. The van der Waals surface area contributed by atoms with Gasteiger partial charge in [-0.25, -0.2) is 0 Å². The largest absolute Gasteiger partial charge is 0.458 e. The average Bonchev–Trinajstić information content (AvgIpc) is 2.78. The number of halogens is 5. The predicted octanol–water partition coefficient (Wildman–Crippen LogP) is 3.40. The lowest BCUT2D eigenvalue weighted by Crippen LogP contribution is -2.33. The average molecular weight is 209 g/mol. The van der Waals surface area contributed by atoms with Crippen LogP contribution in [0.5, 0.6) is 0 Å². The summed E-state index contributed by atoms with van der Waals surface area (Å²) in [6.45, 7) is 0. The first-order chi connectivity index (χ1) is 6.32. The zero-order valence-electron chi connectivity index (χ0n) is 6.62. The summed E-state index contributed by atoms with van der Waals surface area (Å²) in [5.41, 5.74) is -0.119. The lowest BCUT2D eigenvalue weighted by atomic mass is 10.1. The highest BCUT2D eigenvalue weighted by molar-refractivity contribution is 5.90. The van der Waals surface area contributed by atoms with E-state index in [4.69, 9.17) is 0 Å². The fourth-order valence-electron chi connectivity index (χ4n) is 1.09. The van der Waals surface area contributed by atoms with Crippen molar-refractivity contribution in [1.29, 1.82) is 0 Å². The molecule has 1 aromatic rings. The Morgan fingerprint density at radius 1 is 0.929 bits per heavy atom. The Morgan fingerprint density at radius 3 is 2.07 bits per heavy atom. The van der Waals surface area contributed by atoms with E-state index in [-0.39, 0.29) is 0 Å². The number of anilines is 2. The second-order valence-electron chi connectivity index (χ2n) is 2.96. The first kappa shape index (κ1) is 9.23. The summed E-state index contributed by atoms with van der Waals surface area (Å²) in [5, 5.41) is 2.55. The van der Waals surface area contributed by atoms with Crippen molar-refractivity contribution in [3.8, 4) is 0 Å². The molecule has 0 spiro atoms. The van der Waals surface area contributed by atoms with Gasteiger partial charge in [0.15, 0.2) is 0 Å². The van der Waals surface area contributed by atoms with E-state index in [1.165, 1.54) is 6.07 Å². The molecule has 1 aliphatic heterocycles. The van der Waals surface area contributed by atoms with Gasteiger partial charge in [0.2, 0.25) is 0 Å². The maximum absolute atomic E-state index is 12.7. The maximum Gasteiger partial charge on any atom is 0.458 e. The maximum atomic E-state index is 12.7. The van der Waals surface area contributed by atoms with Gasteiger partial charge in [0.1, 0.15) is 0 Å². The van der Waals surface area contributed by atoms with E-state index in [2.05, 4.69) is 5.32 Å². The van der Waals surface area contributed by atoms with E-state index < -0.39 is 17.7 Å². The molecule has 0 aromatic heterocycles. The van der Waals surface area contributed by atoms with Gasteiger partial charge in [0, 0.05) is 5.56 Å². The minimum absolute atomic E-state index is 0.325. The van der Waals surface area contributed by atoms with Crippen LogP contribution < -0.4 is 5.32 Å². The van der Waals surface area contributed by atoms with E-state index in [0.717, 1.165) is 12.1 Å². The summed E-state index contributed by atoms with van der Waals surface area (Å²) in [5.74, 6) is -4.79. The van der Waals surface area contributed by atoms with Crippen molar-refractivity contribution >= 4 is 11.4 Å². The summed E-state index contributed by atoms with van der Waals surface area (Å²) in [6, 6.07) is 2.78. The molecule has 1 nitrogen and oxygen atoms in total. The fourth-order valence-corrected chi connectivity index (χ4v) is 1.09. The molecule has 1 aromatic carbocycles. The lowest BCUT2D eigenvalue weighted by molar-refractivity contribution is -0.289. The number of rotatable bonds is 1. The van der Waals surface area contributed by atoms with Gasteiger partial charge in [-0.05, 0) is 12.1 Å². The zero-order chi connectivity index (χ0) is 10.6. The van der Waals surface area contributed by atoms with Crippen molar-refractivity contribution in [2.24, 2.45) is 0 Å². The summed E-state index contributed by atoms with van der Waals surface area (Å²) in [7, 11) is 0. The van der Waals surface area contributed by atoms with Gasteiger partial charge in [0.25, 0.3) is 0 Å². The molecule has 0 atom stereocenters. The number of hydrogen-bond donors (Lipinski definition) is 1. The second kappa shape index (κ2) is 2.37. The van der Waals surface area contributed by atoms with Crippen LogP contribution in [0.25, 0.3) is 0 Å². The van der Waals surface area contributed by atoms with Crippen molar-refractivity contribution in [3.05, 3.63) is 23.8 Å². The Hall–Kier alpha value is -1.33. The van der Waals surface area contributed by atoms with Crippen LogP contribution in [0.4, 0.5) is 33.3 Å². The van der Waals surface area contributed by atoms with Gasteiger partial charge >= 0.3 is 12.1 Å². The van der Waals surface area contributed by atoms with Crippen LogP contribution >= 0.6 is 0 Å². The number of hydrogen-bond acceptors (Lipinski definition) is 1. The van der Waals surface area contributed by atoms with Gasteiger partial charge in [-0.2, -0.15) is 22.0 Å². The Morgan fingerprint density at radius 2 is 1.57 bits per heavy atom. The van der Waals surface area contributed by atoms with Gasteiger partial charge in [-0.3, -0.25) is 0 Å².